The van der Waals surface area contributed by atoms with Crippen molar-refractivity contribution in [2.24, 2.45) is 0 Å². The van der Waals surface area contributed by atoms with Gasteiger partial charge in [0.25, 0.3) is 5.91 Å². The minimum Gasteiger partial charge on any atom is -0.333 e. The molecule has 3 nitrogen and oxygen atoms in total. The van der Waals surface area contributed by atoms with Crippen LogP contribution in [0.2, 0.25) is 5.02 Å². The van der Waals surface area contributed by atoms with Gasteiger partial charge in [-0.05, 0) is 41.1 Å². The number of hydrogen-bond acceptors (Lipinski definition) is 2. The second kappa shape index (κ2) is 6.75. The van der Waals surface area contributed by atoms with Crippen LogP contribution in [0, 0.1) is 0 Å². The third kappa shape index (κ3) is 3.38. The Morgan fingerprint density at radius 1 is 1.56 bits per heavy atom. The molecule has 0 spiro atoms. The Balaban J connectivity index is 0.00000162. The number of benzene rings is 1. The van der Waals surface area contributed by atoms with Crippen molar-refractivity contribution in [2.45, 2.75) is 13.0 Å². The van der Waals surface area contributed by atoms with E-state index in [1.165, 1.54) is 0 Å². The molecule has 1 unspecified atom stereocenters. The van der Waals surface area contributed by atoms with Crippen LogP contribution in [-0.4, -0.2) is 36.5 Å². The van der Waals surface area contributed by atoms with E-state index in [1.54, 1.807) is 12.1 Å². The maximum Gasteiger partial charge on any atom is 0.255 e. The number of nitrogens with zero attached hydrogens (tertiary/aromatic N) is 1. The minimum atomic E-state index is 0. The minimum absolute atomic E-state index is 0. The van der Waals surface area contributed by atoms with Gasteiger partial charge in [-0.1, -0.05) is 11.6 Å². The van der Waals surface area contributed by atoms with E-state index in [1.807, 2.05) is 17.9 Å². The van der Waals surface area contributed by atoms with E-state index in [0.717, 1.165) is 24.1 Å². The van der Waals surface area contributed by atoms with Gasteiger partial charge in [0.15, 0.2) is 0 Å². The van der Waals surface area contributed by atoms with Gasteiger partial charge in [-0.15, -0.1) is 12.4 Å². The van der Waals surface area contributed by atoms with Crippen molar-refractivity contribution in [3.05, 3.63) is 33.3 Å². The Labute approximate surface area is 126 Å². The van der Waals surface area contributed by atoms with Gasteiger partial charge in [-0.2, -0.15) is 0 Å². The number of carbonyl (C=O) groups is 1. The lowest BCUT2D eigenvalue weighted by Gasteiger charge is -2.34. The molecule has 1 aliphatic rings. The lowest BCUT2D eigenvalue weighted by atomic mass is 10.1. The molecule has 1 aromatic rings. The average Bonchev–Trinajstić information content (AvgIpc) is 2.32. The fourth-order valence-electron chi connectivity index (χ4n) is 1.96. The number of nitrogens with one attached hydrogen (secondary N) is 1. The highest BCUT2D eigenvalue weighted by Gasteiger charge is 2.25. The summed E-state index contributed by atoms with van der Waals surface area (Å²) in [6, 6.07) is 5.50. The lowest BCUT2D eigenvalue weighted by molar-refractivity contribution is 0.0655. The van der Waals surface area contributed by atoms with E-state index >= 15 is 0 Å². The summed E-state index contributed by atoms with van der Waals surface area (Å²) < 4.78 is 0.789. The van der Waals surface area contributed by atoms with Crippen LogP contribution in [0.1, 0.15) is 17.3 Å². The lowest BCUT2D eigenvalue weighted by Crippen LogP contribution is -2.52. The molecule has 0 bridgehead atoms. The average molecular weight is 354 g/mol. The molecule has 2 rings (SSSR count). The van der Waals surface area contributed by atoms with E-state index in [4.69, 9.17) is 11.6 Å². The summed E-state index contributed by atoms with van der Waals surface area (Å²) in [6.45, 7) is 4.46. The van der Waals surface area contributed by atoms with Gasteiger partial charge < -0.3 is 10.2 Å². The Hall–Kier alpha value is -0.290. The molecule has 6 heteroatoms. The van der Waals surface area contributed by atoms with Gasteiger partial charge in [0.05, 0.1) is 5.56 Å². The van der Waals surface area contributed by atoms with Crippen LogP contribution in [-0.2, 0) is 0 Å². The molecular formula is C12H15BrCl2N2O. The molecule has 1 atom stereocenters. The van der Waals surface area contributed by atoms with Gasteiger partial charge in [0.2, 0.25) is 0 Å². The van der Waals surface area contributed by atoms with Crippen molar-refractivity contribution in [1.29, 1.82) is 0 Å². The predicted molar refractivity (Wildman–Crippen MR) is 79.8 cm³/mol. The Morgan fingerprint density at radius 3 is 2.94 bits per heavy atom. The molecule has 0 radical (unpaired) electrons. The Kier molecular flexibility index (Phi) is 5.92. The van der Waals surface area contributed by atoms with Crippen molar-refractivity contribution in [2.75, 3.05) is 19.6 Å². The second-order valence-electron chi connectivity index (χ2n) is 4.18. The highest BCUT2D eigenvalue weighted by atomic mass is 79.9. The monoisotopic (exact) mass is 352 g/mol. The molecule has 1 heterocycles. The van der Waals surface area contributed by atoms with Crippen LogP contribution in [0.3, 0.4) is 0 Å². The zero-order valence-electron chi connectivity index (χ0n) is 9.95. The molecule has 1 aromatic carbocycles. The highest BCUT2D eigenvalue weighted by molar-refractivity contribution is 9.10. The smallest absolute Gasteiger partial charge is 0.255 e. The van der Waals surface area contributed by atoms with Crippen molar-refractivity contribution < 1.29 is 4.79 Å². The van der Waals surface area contributed by atoms with Crippen molar-refractivity contribution in [3.8, 4) is 0 Å². The first-order valence-electron chi connectivity index (χ1n) is 5.56. The van der Waals surface area contributed by atoms with E-state index in [0.29, 0.717) is 10.6 Å². The van der Waals surface area contributed by atoms with Gasteiger partial charge in [-0.25, -0.2) is 0 Å². The van der Waals surface area contributed by atoms with E-state index in [-0.39, 0.29) is 24.4 Å². The number of hydrogen-bond donors (Lipinski definition) is 1. The van der Waals surface area contributed by atoms with Crippen molar-refractivity contribution in [3.63, 3.8) is 0 Å². The normalized spacial score (nSPS) is 19.3. The third-order valence-corrected chi connectivity index (χ3v) is 3.85. The molecule has 1 saturated heterocycles. The fourth-order valence-corrected chi connectivity index (χ4v) is 2.55. The fraction of sp³-hybridized carbons (Fsp3) is 0.417. The maximum absolute atomic E-state index is 12.4. The first-order valence-corrected chi connectivity index (χ1v) is 6.73. The van der Waals surface area contributed by atoms with E-state index in [9.17, 15) is 4.79 Å². The summed E-state index contributed by atoms with van der Waals surface area (Å²) in [4.78, 5) is 14.3. The summed E-state index contributed by atoms with van der Waals surface area (Å²) in [5.74, 6) is 0.0355. The van der Waals surface area contributed by atoms with Crippen LogP contribution in [0.25, 0.3) is 0 Å². The molecule has 100 valence electrons. The number of halogens is 3. The number of piperazine rings is 1. The molecular weight excluding hydrogens is 339 g/mol. The summed E-state index contributed by atoms with van der Waals surface area (Å²) in [5.41, 5.74) is 0.631. The summed E-state index contributed by atoms with van der Waals surface area (Å²) in [7, 11) is 0. The molecule has 0 saturated carbocycles. The highest BCUT2D eigenvalue weighted by Crippen LogP contribution is 2.23. The van der Waals surface area contributed by atoms with Crippen molar-refractivity contribution >= 4 is 45.8 Å². The zero-order chi connectivity index (χ0) is 12.4. The number of carbonyl (C=O) groups excluding carboxylic acids is 1. The SMILES string of the molecule is CC1CNCCN1C(=O)c1cc(Cl)ccc1Br.Cl. The first-order chi connectivity index (χ1) is 8.09. The number of rotatable bonds is 1. The van der Waals surface area contributed by atoms with Crippen LogP contribution in [0.15, 0.2) is 22.7 Å². The summed E-state index contributed by atoms with van der Waals surface area (Å²) >= 11 is 9.33. The van der Waals surface area contributed by atoms with E-state index in [2.05, 4.69) is 21.2 Å². The summed E-state index contributed by atoms with van der Waals surface area (Å²) in [6.07, 6.45) is 0. The van der Waals surface area contributed by atoms with Gasteiger partial charge in [0, 0.05) is 35.2 Å². The molecule has 18 heavy (non-hydrogen) atoms. The van der Waals surface area contributed by atoms with Gasteiger partial charge >= 0.3 is 0 Å². The van der Waals surface area contributed by atoms with Gasteiger partial charge in [-0.3, -0.25) is 4.79 Å². The molecule has 0 aromatic heterocycles. The van der Waals surface area contributed by atoms with Crippen LogP contribution in [0.4, 0.5) is 0 Å². The second-order valence-corrected chi connectivity index (χ2v) is 5.47. The molecule has 1 amide bonds. The quantitative estimate of drug-likeness (QED) is 0.841. The van der Waals surface area contributed by atoms with Crippen LogP contribution < -0.4 is 5.32 Å². The standard InChI is InChI=1S/C12H14BrClN2O.ClH/c1-8-7-15-4-5-16(8)12(17)10-6-9(14)2-3-11(10)13;/h2-3,6,8,15H,4-5,7H2,1H3;1H. The van der Waals surface area contributed by atoms with Gasteiger partial charge in [0.1, 0.15) is 0 Å². The first kappa shape index (κ1) is 15.8. The largest absolute Gasteiger partial charge is 0.333 e. The predicted octanol–water partition coefficient (Wildman–Crippen LogP) is 2.96. The molecule has 1 N–H and O–H groups in total. The zero-order valence-corrected chi connectivity index (χ0v) is 13.1. The van der Waals surface area contributed by atoms with Crippen LogP contribution in [0.5, 0.6) is 0 Å². The topological polar surface area (TPSA) is 32.3 Å². The van der Waals surface area contributed by atoms with Crippen LogP contribution >= 0.6 is 39.9 Å². The number of amides is 1. The molecule has 1 fully saturated rings. The Morgan fingerprint density at radius 2 is 2.28 bits per heavy atom. The Bertz CT molecular complexity index is 442. The summed E-state index contributed by atoms with van der Waals surface area (Å²) in [5, 5.41) is 3.85. The van der Waals surface area contributed by atoms with Crippen molar-refractivity contribution in [1.82, 2.24) is 10.2 Å². The molecule has 1 aliphatic heterocycles. The third-order valence-electron chi connectivity index (χ3n) is 2.92. The van der Waals surface area contributed by atoms with E-state index < -0.39 is 0 Å². The maximum atomic E-state index is 12.4. The molecule has 0 aliphatic carbocycles.